The van der Waals surface area contributed by atoms with Gasteiger partial charge in [-0.3, -0.25) is 9.59 Å². The van der Waals surface area contributed by atoms with E-state index < -0.39 is 5.91 Å². The zero-order chi connectivity index (χ0) is 20.6. The van der Waals surface area contributed by atoms with Crippen molar-refractivity contribution >= 4 is 35.3 Å². The van der Waals surface area contributed by atoms with Crippen LogP contribution in [0.2, 0.25) is 5.02 Å². The monoisotopic (exact) mass is 415 g/mol. The van der Waals surface area contributed by atoms with E-state index in [4.69, 9.17) is 21.2 Å². The Morgan fingerprint density at radius 2 is 2.10 bits per heavy atom. The summed E-state index contributed by atoms with van der Waals surface area (Å²) in [4.78, 5) is 29.0. The lowest BCUT2D eigenvalue weighted by Gasteiger charge is -2.26. The van der Waals surface area contributed by atoms with E-state index in [1.165, 1.54) is 12.7 Å². The van der Waals surface area contributed by atoms with E-state index in [2.05, 4.69) is 21.9 Å². The number of nitrogens with zero attached hydrogens (tertiary/aromatic N) is 1. The van der Waals surface area contributed by atoms with Gasteiger partial charge < -0.3 is 20.2 Å². The van der Waals surface area contributed by atoms with E-state index in [-0.39, 0.29) is 18.6 Å². The minimum atomic E-state index is -0.535. The Morgan fingerprint density at radius 1 is 1.28 bits per heavy atom. The van der Waals surface area contributed by atoms with Crippen LogP contribution in [0, 0.1) is 0 Å². The van der Waals surface area contributed by atoms with Crippen molar-refractivity contribution in [3.8, 4) is 5.75 Å². The standard InChI is InChI=1S/C21H22ClN3O4/c1-28-19-10-9-15(22)11-18(19)25-20(26)12-23-29-13-21(27)24-17-8-4-6-14-5-2-3-7-16(14)17/h2-3,5,7,9-12,17H,4,6,8,13H2,1H3,(H,24,27)(H,25,26)/b23-12-/t17-/m1/s1. The molecule has 0 fully saturated rings. The number of methoxy groups -OCH3 is 1. The first-order valence-corrected chi connectivity index (χ1v) is 9.61. The van der Waals surface area contributed by atoms with Crippen molar-refractivity contribution in [2.24, 2.45) is 5.16 Å². The topological polar surface area (TPSA) is 89.0 Å². The number of benzene rings is 2. The van der Waals surface area contributed by atoms with Gasteiger partial charge in [-0.25, -0.2) is 0 Å². The van der Waals surface area contributed by atoms with Crippen LogP contribution in [0.5, 0.6) is 5.75 Å². The van der Waals surface area contributed by atoms with Crippen molar-refractivity contribution in [1.29, 1.82) is 0 Å². The second kappa shape index (κ2) is 9.93. The van der Waals surface area contributed by atoms with Crippen LogP contribution in [-0.4, -0.2) is 31.7 Å². The normalized spacial score (nSPS) is 15.4. The van der Waals surface area contributed by atoms with Crippen LogP contribution in [0.1, 0.15) is 30.0 Å². The van der Waals surface area contributed by atoms with E-state index in [9.17, 15) is 9.59 Å². The minimum absolute atomic E-state index is 0.0291. The van der Waals surface area contributed by atoms with E-state index in [0.29, 0.717) is 16.5 Å². The van der Waals surface area contributed by atoms with Crippen molar-refractivity contribution in [1.82, 2.24) is 5.32 Å². The number of carbonyl (C=O) groups excluding carboxylic acids is 2. The molecule has 0 heterocycles. The summed E-state index contributed by atoms with van der Waals surface area (Å²) < 4.78 is 5.15. The van der Waals surface area contributed by atoms with Gasteiger partial charge in [-0.2, -0.15) is 0 Å². The lowest BCUT2D eigenvalue weighted by molar-refractivity contribution is -0.126. The number of rotatable bonds is 7. The second-order valence-corrected chi connectivity index (χ2v) is 6.99. The molecule has 29 heavy (non-hydrogen) atoms. The van der Waals surface area contributed by atoms with Crippen LogP contribution in [-0.2, 0) is 20.8 Å². The third-order valence-corrected chi connectivity index (χ3v) is 4.80. The maximum atomic E-state index is 12.1. The average molecular weight is 416 g/mol. The first kappa shape index (κ1) is 20.7. The van der Waals surface area contributed by atoms with Crippen LogP contribution in [0.25, 0.3) is 0 Å². The minimum Gasteiger partial charge on any atom is -0.495 e. The molecule has 0 bridgehead atoms. The van der Waals surface area contributed by atoms with Gasteiger partial charge in [-0.05, 0) is 48.6 Å². The molecular weight excluding hydrogens is 394 g/mol. The predicted octanol–water partition coefficient (Wildman–Crippen LogP) is 3.48. The number of fused-ring (bicyclic) bond motifs is 1. The Bertz CT molecular complexity index is 917. The Kier molecular flexibility index (Phi) is 7.08. The molecule has 1 aliphatic rings. The molecule has 2 aromatic rings. The van der Waals surface area contributed by atoms with Gasteiger partial charge in [0.1, 0.15) is 12.0 Å². The number of oxime groups is 1. The zero-order valence-electron chi connectivity index (χ0n) is 16.0. The molecule has 2 N–H and O–H groups in total. The Hall–Kier alpha value is -3.06. The van der Waals surface area contributed by atoms with Gasteiger partial charge in [-0.1, -0.05) is 41.0 Å². The van der Waals surface area contributed by atoms with Crippen LogP contribution < -0.4 is 15.4 Å². The van der Waals surface area contributed by atoms with Crippen LogP contribution in [0.4, 0.5) is 5.69 Å². The molecule has 0 unspecified atom stereocenters. The van der Waals surface area contributed by atoms with Crippen molar-refractivity contribution in [2.75, 3.05) is 19.0 Å². The summed E-state index contributed by atoms with van der Waals surface area (Å²) >= 11 is 5.92. The van der Waals surface area contributed by atoms with Gasteiger partial charge in [0.15, 0.2) is 6.61 Å². The lowest BCUT2D eigenvalue weighted by Crippen LogP contribution is -2.33. The Morgan fingerprint density at radius 3 is 2.93 bits per heavy atom. The van der Waals surface area contributed by atoms with Gasteiger partial charge in [-0.15, -0.1) is 0 Å². The van der Waals surface area contributed by atoms with E-state index in [1.807, 2.05) is 18.2 Å². The maximum Gasteiger partial charge on any atom is 0.270 e. The third-order valence-electron chi connectivity index (χ3n) is 4.56. The number of carbonyl (C=O) groups is 2. The largest absolute Gasteiger partial charge is 0.495 e. The summed E-state index contributed by atoms with van der Waals surface area (Å²) in [6.07, 6.45) is 3.88. The number of nitrogens with one attached hydrogen (secondary N) is 2. The summed E-state index contributed by atoms with van der Waals surface area (Å²) in [5.41, 5.74) is 2.81. The molecule has 152 valence electrons. The van der Waals surface area contributed by atoms with Gasteiger partial charge in [0.25, 0.3) is 11.8 Å². The highest BCUT2D eigenvalue weighted by molar-refractivity contribution is 6.33. The van der Waals surface area contributed by atoms with Crippen molar-refractivity contribution < 1.29 is 19.2 Å². The number of anilines is 1. The quantitative estimate of drug-likeness (QED) is 0.535. The van der Waals surface area contributed by atoms with Crippen molar-refractivity contribution in [3.63, 3.8) is 0 Å². The Balaban J connectivity index is 1.46. The summed E-state index contributed by atoms with van der Waals surface area (Å²) in [5, 5.41) is 9.55. The van der Waals surface area contributed by atoms with Gasteiger partial charge >= 0.3 is 0 Å². The third kappa shape index (κ3) is 5.71. The summed E-state index contributed by atoms with van der Waals surface area (Å²) in [6, 6.07) is 12.9. The number of amides is 2. The lowest BCUT2D eigenvalue weighted by atomic mass is 9.88. The van der Waals surface area contributed by atoms with Crippen molar-refractivity contribution in [2.45, 2.75) is 25.3 Å². The Labute approximate surface area is 174 Å². The second-order valence-electron chi connectivity index (χ2n) is 6.55. The average Bonchev–Trinajstić information content (AvgIpc) is 2.72. The number of ether oxygens (including phenoxy) is 1. The number of hydrogen-bond acceptors (Lipinski definition) is 5. The molecule has 0 spiro atoms. The van der Waals surface area contributed by atoms with Crippen LogP contribution in [0.15, 0.2) is 47.6 Å². The fourth-order valence-corrected chi connectivity index (χ4v) is 3.44. The number of aryl methyl sites for hydroxylation is 1. The molecular formula is C21H22ClN3O4. The summed E-state index contributed by atoms with van der Waals surface area (Å²) in [7, 11) is 1.49. The van der Waals surface area contributed by atoms with E-state index in [1.54, 1.807) is 18.2 Å². The maximum absolute atomic E-state index is 12.1. The molecule has 2 amide bonds. The first-order chi connectivity index (χ1) is 14.1. The summed E-state index contributed by atoms with van der Waals surface area (Å²) in [5.74, 6) is -0.364. The molecule has 7 nitrogen and oxygen atoms in total. The molecule has 3 rings (SSSR count). The molecule has 1 atom stereocenters. The molecule has 0 aliphatic heterocycles. The molecule has 0 radical (unpaired) electrons. The SMILES string of the molecule is COc1ccc(Cl)cc1NC(=O)/C=N\OCC(=O)N[C@@H]1CCCc2ccccc21. The number of halogens is 1. The fraction of sp³-hybridized carbons (Fsp3) is 0.286. The van der Waals surface area contributed by atoms with Crippen LogP contribution in [0.3, 0.4) is 0 Å². The molecule has 0 saturated heterocycles. The number of hydrogen-bond donors (Lipinski definition) is 2. The fourth-order valence-electron chi connectivity index (χ4n) is 3.26. The highest BCUT2D eigenvalue weighted by Gasteiger charge is 2.21. The van der Waals surface area contributed by atoms with E-state index >= 15 is 0 Å². The smallest absolute Gasteiger partial charge is 0.270 e. The van der Waals surface area contributed by atoms with E-state index in [0.717, 1.165) is 31.0 Å². The van der Waals surface area contributed by atoms with Gasteiger partial charge in [0, 0.05) is 5.02 Å². The summed E-state index contributed by atoms with van der Waals surface area (Å²) in [6.45, 7) is -0.275. The van der Waals surface area contributed by atoms with Crippen molar-refractivity contribution in [3.05, 3.63) is 58.6 Å². The highest BCUT2D eigenvalue weighted by atomic mass is 35.5. The molecule has 0 aromatic heterocycles. The first-order valence-electron chi connectivity index (χ1n) is 9.24. The predicted molar refractivity (Wildman–Crippen MR) is 111 cm³/mol. The molecule has 2 aromatic carbocycles. The zero-order valence-corrected chi connectivity index (χ0v) is 16.7. The van der Waals surface area contributed by atoms with Gasteiger partial charge in [0.2, 0.25) is 0 Å². The van der Waals surface area contributed by atoms with Gasteiger partial charge in [0.05, 0.1) is 18.8 Å². The van der Waals surface area contributed by atoms with Crippen LogP contribution >= 0.6 is 11.6 Å². The molecule has 1 aliphatic carbocycles. The molecule has 0 saturated carbocycles. The molecule has 8 heteroatoms. The highest BCUT2D eigenvalue weighted by Crippen LogP contribution is 2.29.